The highest BCUT2D eigenvalue weighted by Gasteiger charge is 1.81. The summed E-state index contributed by atoms with van der Waals surface area (Å²) in [5, 5.41) is 0. The second-order valence-corrected chi connectivity index (χ2v) is 14.4. The van der Waals surface area contributed by atoms with Crippen molar-refractivity contribution in [1.82, 2.24) is 0 Å². The molecule has 0 aliphatic carbocycles. The van der Waals surface area contributed by atoms with Crippen LogP contribution in [0.25, 0.3) is 0 Å². The minimum absolute atomic E-state index is 0.288. The van der Waals surface area contributed by atoms with E-state index in [0.29, 0.717) is 20.7 Å². The van der Waals surface area contributed by atoms with Crippen LogP contribution < -0.4 is 5.73 Å². The van der Waals surface area contributed by atoms with Gasteiger partial charge in [-0.25, -0.2) is 0 Å². The summed E-state index contributed by atoms with van der Waals surface area (Å²) in [5.41, 5.74) is 5.60. The Morgan fingerprint density at radius 3 is 2.57 bits per heavy atom. The van der Waals surface area contributed by atoms with Gasteiger partial charge >= 0.3 is 0 Å². The van der Waals surface area contributed by atoms with Crippen molar-refractivity contribution in [2.45, 2.75) is 0 Å². The lowest BCUT2D eigenvalue weighted by molar-refractivity contribution is 1.92. The topological polar surface area (TPSA) is 26.0 Å². The fraction of sp³-hybridized carbons (Fsp3) is 0. The molecule has 1 heterocycles. The summed E-state index contributed by atoms with van der Waals surface area (Å²) in [5.74, 6) is 0. The number of halogens is 3. The van der Waals surface area contributed by atoms with Crippen LogP contribution in [0.5, 0.6) is 0 Å². The van der Waals surface area contributed by atoms with Gasteiger partial charge in [0.2, 0.25) is 0 Å². The number of hydrogen-bond acceptors (Lipinski definition) is 1. The maximum atomic E-state index is 5.60. The molecule has 2 N–H and O–H groups in total. The molecule has 4 heteroatoms. The Kier molecular flexibility index (Phi) is 3.66. The predicted molar refractivity (Wildman–Crippen MR) is 63.4 cm³/mol. The highest BCUT2D eigenvalue weighted by atomic mass is 127. The molecule has 0 amide bonds. The highest BCUT2D eigenvalue weighted by Crippen LogP contribution is 2.15. The molecule has 0 atom stereocenters. The molecule has 0 saturated heterocycles. The predicted octanol–water partition coefficient (Wildman–Crippen LogP) is 1.48. The summed E-state index contributed by atoms with van der Waals surface area (Å²) in [6.45, 7) is 0. The summed E-state index contributed by atoms with van der Waals surface area (Å²) in [6.07, 6.45) is 0. The van der Waals surface area contributed by atoms with E-state index in [0.717, 1.165) is 0 Å². The highest BCUT2D eigenvalue weighted by molar-refractivity contribution is 14.3. The van der Waals surface area contributed by atoms with Gasteiger partial charge in [-0.15, -0.1) is 0 Å². The lowest BCUT2D eigenvalue weighted by atomic mass is 11.6. The molecule has 0 aromatic heterocycles. The van der Waals surface area contributed by atoms with Crippen molar-refractivity contribution in [3.63, 3.8) is 0 Å². The summed E-state index contributed by atoms with van der Waals surface area (Å²) >= 11 is 1.01. The smallest absolute Gasteiger partial charge is 0.0795 e. The number of hydrogen-bond donors (Lipinski definition) is 1. The van der Waals surface area contributed by atoms with E-state index in [2.05, 4.69) is 4.04 Å². The van der Waals surface area contributed by atoms with Crippen molar-refractivity contribution in [3.05, 3.63) is 0 Å². The molecular weight excluding hydrogens is 431 g/mol. The van der Waals surface area contributed by atoms with E-state index in [9.17, 15) is 0 Å². The molecule has 0 bridgehead atoms. The van der Waals surface area contributed by atoms with E-state index in [-0.39, 0.29) is 41.5 Å². The van der Waals surface area contributed by atoms with E-state index in [1.807, 2.05) is 0 Å². The Morgan fingerprint density at radius 1 is 1.43 bits per heavy atom. The molecule has 0 unspecified atom stereocenters. The maximum Gasteiger partial charge on any atom is 0.0795 e. The molecule has 42 valence electrons. The first kappa shape index (κ1) is 6.87. The second-order valence-electron chi connectivity index (χ2n) is 0.799. The van der Waals surface area contributed by atoms with E-state index in [4.69, 9.17) is 5.73 Å². The molecular formula is C3H4I3N. The molecule has 0 fully saturated rings. The van der Waals surface area contributed by atoms with E-state index in [1.165, 1.54) is 1.64 Å². The molecule has 1 nitrogen and oxygen atoms in total. The zero-order valence-corrected chi connectivity index (χ0v) is 9.84. The molecule has 1 aliphatic heterocycles. The second kappa shape index (κ2) is 3.72. The third-order valence-electron chi connectivity index (χ3n) is 0.386. The Balaban J connectivity index is 2.82. The first-order chi connectivity index (χ1) is 3.39. The fourth-order valence-electron chi connectivity index (χ4n) is 0.168. The molecule has 1 rings (SSSR count). The van der Waals surface area contributed by atoms with E-state index in [1.54, 1.807) is 0 Å². The first-order valence-corrected chi connectivity index (χ1v) is 8.68. The average molecular weight is 435 g/mol. The monoisotopic (exact) mass is 435 g/mol. The SMILES string of the molecule is NC1=IC=IC=I1. The van der Waals surface area contributed by atoms with Gasteiger partial charge in [-0.1, -0.05) is 62.2 Å². The number of rotatable bonds is 0. The fourth-order valence-corrected chi connectivity index (χ4v) is 20.2. The van der Waals surface area contributed by atoms with Crippen LogP contribution in [0.4, 0.5) is 0 Å². The molecule has 0 saturated carbocycles. The molecule has 0 spiro atoms. The van der Waals surface area contributed by atoms with Gasteiger partial charge in [0.1, 0.15) is 0 Å². The normalized spacial score (nSPS) is 20.4. The molecule has 0 aromatic carbocycles. The van der Waals surface area contributed by atoms with Crippen molar-refractivity contribution in [3.8, 4) is 0 Å². The Bertz CT molecular complexity index is 146. The van der Waals surface area contributed by atoms with E-state index >= 15 is 0 Å². The Labute approximate surface area is 72.3 Å². The van der Waals surface area contributed by atoms with Crippen LogP contribution in [-0.4, -0.2) is 5.68 Å². The third-order valence-corrected chi connectivity index (χ3v) is 12.6. The minimum Gasteiger partial charge on any atom is -0.293 e. The quantitative estimate of drug-likeness (QED) is 0.454. The Morgan fingerprint density at radius 2 is 2.29 bits per heavy atom. The minimum atomic E-state index is 0.288. The van der Waals surface area contributed by atoms with E-state index < -0.39 is 0 Å². The van der Waals surface area contributed by atoms with Gasteiger partial charge in [0.15, 0.2) is 0 Å². The summed E-state index contributed by atoms with van der Waals surface area (Å²) in [7, 11) is 0. The van der Waals surface area contributed by atoms with Gasteiger partial charge in [-0.2, -0.15) is 0 Å². The molecule has 7 heavy (non-hydrogen) atoms. The largest absolute Gasteiger partial charge is 0.293 e. The van der Waals surface area contributed by atoms with Crippen molar-refractivity contribution < 1.29 is 0 Å². The van der Waals surface area contributed by atoms with Crippen LogP contribution in [0, 0.1) is 0 Å². The van der Waals surface area contributed by atoms with Crippen LogP contribution in [0.1, 0.15) is 0 Å². The van der Waals surface area contributed by atoms with Crippen LogP contribution in [0.3, 0.4) is 0 Å². The average Bonchev–Trinajstić information content (AvgIpc) is 1.69. The van der Waals surface area contributed by atoms with Gasteiger partial charge in [-0.3, -0.25) is 5.73 Å². The standard InChI is InChI=1S/C3H4I3N/c7-3-5-1-4-2-6-3/h1-2H,7H2. The summed E-state index contributed by atoms with van der Waals surface area (Å²) in [4.78, 5) is 0. The maximum absolute atomic E-state index is 5.60. The van der Waals surface area contributed by atoms with Crippen LogP contribution in [-0.2, 0) is 0 Å². The van der Waals surface area contributed by atoms with Crippen LogP contribution in [0.15, 0.2) is 0 Å². The molecule has 0 aromatic rings. The van der Waals surface area contributed by atoms with Gasteiger partial charge in [0, 0.05) is 4.04 Å². The summed E-state index contributed by atoms with van der Waals surface area (Å²) in [6, 6.07) is 0. The van der Waals surface area contributed by atoms with Crippen molar-refractivity contribution >= 4 is 67.9 Å². The number of nitrogens with two attached hydrogens (primary N) is 1. The van der Waals surface area contributed by atoms with Gasteiger partial charge < -0.3 is 0 Å². The molecule has 1 aliphatic rings. The molecule has 0 radical (unpaired) electrons. The zero-order chi connectivity index (χ0) is 5.11. The zero-order valence-electron chi connectivity index (χ0n) is 3.37. The van der Waals surface area contributed by atoms with Crippen molar-refractivity contribution in [2.24, 2.45) is 5.73 Å². The van der Waals surface area contributed by atoms with Crippen molar-refractivity contribution in [1.29, 1.82) is 0 Å². The Hall–Kier alpha value is 1.76. The van der Waals surface area contributed by atoms with Crippen LogP contribution >= 0.6 is 62.2 Å². The lowest BCUT2D eigenvalue weighted by Gasteiger charge is -1.86. The van der Waals surface area contributed by atoms with Crippen LogP contribution in [0.2, 0.25) is 0 Å². The lowest BCUT2D eigenvalue weighted by Crippen LogP contribution is -1.98. The first-order valence-electron chi connectivity index (χ1n) is 1.54. The summed E-state index contributed by atoms with van der Waals surface area (Å²) < 4.78 is 6.23. The van der Waals surface area contributed by atoms with Gasteiger partial charge in [0.05, 0.1) is 1.64 Å². The third kappa shape index (κ3) is 2.70. The van der Waals surface area contributed by atoms with Crippen molar-refractivity contribution in [2.75, 3.05) is 0 Å². The van der Waals surface area contributed by atoms with Gasteiger partial charge in [0.25, 0.3) is 0 Å². The van der Waals surface area contributed by atoms with Gasteiger partial charge in [-0.05, 0) is 0 Å².